The van der Waals surface area contributed by atoms with Gasteiger partial charge in [-0.1, -0.05) is 19.1 Å². The summed E-state index contributed by atoms with van der Waals surface area (Å²) in [7, 11) is 0. The fraction of sp³-hybridized carbons (Fsp3) is 0.533. The maximum absolute atomic E-state index is 11.8. The zero-order valence-corrected chi connectivity index (χ0v) is 11.4. The largest absolute Gasteiger partial charge is 0.493 e. The number of fused-ring (bicyclic) bond motifs is 1. The highest BCUT2D eigenvalue weighted by molar-refractivity contribution is 5.78. The Hall–Kier alpha value is -1.55. The van der Waals surface area contributed by atoms with Crippen LogP contribution in [0.25, 0.3) is 0 Å². The Bertz CT molecular complexity index is 446. The number of amides is 1. The van der Waals surface area contributed by atoms with Gasteiger partial charge in [0, 0.05) is 12.5 Å². The van der Waals surface area contributed by atoms with Crippen molar-refractivity contribution in [2.45, 2.75) is 32.7 Å². The Morgan fingerprint density at radius 3 is 3.16 bits per heavy atom. The van der Waals surface area contributed by atoms with E-state index < -0.39 is 0 Å². The van der Waals surface area contributed by atoms with Gasteiger partial charge in [0.15, 0.2) is 0 Å². The summed E-state index contributed by atoms with van der Waals surface area (Å²) in [4.78, 5) is 11.8. The third kappa shape index (κ3) is 3.70. The quantitative estimate of drug-likeness (QED) is 0.847. The SMILES string of the molecule is CC(CCN)C(=O)NCc1ccc2c(c1)CCCO2. The van der Waals surface area contributed by atoms with Crippen molar-refractivity contribution in [3.05, 3.63) is 29.3 Å². The highest BCUT2D eigenvalue weighted by Crippen LogP contribution is 2.25. The maximum atomic E-state index is 11.8. The van der Waals surface area contributed by atoms with E-state index in [-0.39, 0.29) is 11.8 Å². The second-order valence-electron chi connectivity index (χ2n) is 5.09. The van der Waals surface area contributed by atoms with Crippen LogP contribution in [0.5, 0.6) is 5.75 Å². The number of carbonyl (C=O) groups excluding carboxylic acids is 1. The van der Waals surface area contributed by atoms with Crippen LogP contribution in [0.3, 0.4) is 0 Å². The molecular weight excluding hydrogens is 240 g/mol. The van der Waals surface area contributed by atoms with Crippen molar-refractivity contribution >= 4 is 5.91 Å². The van der Waals surface area contributed by atoms with Crippen molar-refractivity contribution in [3.8, 4) is 5.75 Å². The zero-order chi connectivity index (χ0) is 13.7. The number of carbonyl (C=O) groups is 1. The molecule has 1 aliphatic rings. The molecule has 1 aromatic rings. The van der Waals surface area contributed by atoms with Crippen LogP contribution in [0.15, 0.2) is 18.2 Å². The molecule has 0 fully saturated rings. The van der Waals surface area contributed by atoms with E-state index in [2.05, 4.69) is 11.4 Å². The van der Waals surface area contributed by atoms with Gasteiger partial charge < -0.3 is 15.8 Å². The van der Waals surface area contributed by atoms with Gasteiger partial charge >= 0.3 is 0 Å². The van der Waals surface area contributed by atoms with Crippen molar-refractivity contribution in [2.24, 2.45) is 11.7 Å². The Morgan fingerprint density at radius 1 is 1.53 bits per heavy atom. The number of aryl methyl sites for hydroxylation is 1. The Labute approximate surface area is 114 Å². The van der Waals surface area contributed by atoms with Crippen molar-refractivity contribution in [3.63, 3.8) is 0 Å². The van der Waals surface area contributed by atoms with Crippen LogP contribution in [-0.4, -0.2) is 19.1 Å². The number of nitrogens with one attached hydrogen (secondary N) is 1. The molecule has 0 aliphatic carbocycles. The third-order valence-corrected chi connectivity index (χ3v) is 3.49. The lowest BCUT2D eigenvalue weighted by Crippen LogP contribution is -2.30. The predicted molar refractivity (Wildman–Crippen MR) is 74.9 cm³/mol. The number of benzene rings is 1. The van der Waals surface area contributed by atoms with Gasteiger partial charge in [-0.3, -0.25) is 4.79 Å². The highest BCUT2D eigenvalue weighted by atomic mass is 16.5. The summed E-state index contributed by atoms with van der Waals surface area (Å²) in [5.74, 6) is 1.03. The summed E-state index contributed by atoms with van der Waals surface area (Å²) >= 11 is 0. The second-order valence-corrected chi connectivity index (χ2v) is 5.09. The molecule has 1 aromatic carbocycles. The van der Waals surface area contributed by atoms with Crippen molar-refractivity contribution < 1.29 is 9.53 Å². The number of hydrogen-bond donors (Lipinski definition) is 2. The van der Waals surface area contributed by atoms with Gasteiger partial charge in [0.2, 0.25) is 5.91 Å². The van der Waals surface area contributed by atoms with E-state index in [9.17, 15) is 4.79 Å². The average Bonchev–Trinajstić information content (AvgIpc) is 2.44. The van der Waals surface area contributed by atoms with Gasteiger partial charge in [-0.15, -0.1) is 0 Å². The number of rotatable bonds is 5. The highest BCUT2D eigenvalue weighted by Gasteiger charge is 2.13. The van der Waals surface area contributed by atoms with E-state index in [0.29, 0.717) is 13.1 Å². The van der Waals surface area contributed by atoms with Crippen LogP contribution in [0, 0.1) is 5.92 Å². The van der Waals surface area contributed by atoms with Crippen LogP contribution in [0.2, 0.25) is 0 Å². The summed E-state index contributed by atoms with van der Waals surface area (Å²) in [6.07, 6.45) is 2.85. The van der Waals surface area contributed by atoms with Crippen molar-refractivity contribution in [2.75, 3.05) is 13.2 Å². The Kier molecular flexibility index (Phi) is 4.80. The molecule has 4 nitrogen and oxygen atoms in total. The summed E-state index contributed by atoms with van der Waals surface area (Å²) in [6.45, 7) is 3.83. The van der Waals surface area contributed by atoms with E-state index in [0.717, 1.165) is 37.2 Å². The molecule has 0 spiro atoms. The van der Waals surface area contributed by atoms with Gasteiger partial charge in [0.25, 0.3) is 0 Å². The molecule has 0 saturated carbocycles. The first-order valence-electron chi connectivity index (χ1n) is 6.93. The number of ether oxygens (including phenoxy) is 1. The molecule has 1 unspecified atom stereocenters. The van der Waals surface area contributed by atoms with Gasteiger partial charge in [-0.05, 0) is 43.0 Å². The van der Waals surface area contributed by atoms with E-state index in [1.54, 1.807) is 0 Å². The first-order valence-corrected chi connectivity index (χ1v) is 6.93. The van der Waals surface area contributed by atoms with E-state index >= 15 is 0 Å². The molecule has 0 saturated heterocycles. The molecule has 1 atom stereocenters. The van der Waals surface area contributed by atoms with Gasteiger partial charge in [-0.25, -0.2) is 0 Å². The second kappa shape index (κ2) is 6.57. The van der Waals surface area contributed by atoms with Crippen LogP contribution >= 0.6 is 0 Å². The van der Waals surface area contributed by atoms with Crippen LogP contribution in [0.1, 0.15) is 30.9 Å². The van der Waals surface area contributed by atoms with Gasteiger partial charge in [0.05, 0.1) is 6.61 Å². The number of nitrogens with two attached hydrogens (primary N) is 1. The normalized spacial score (nSPS) is 15.3. The van der Waals surface area contributed by atoms with Gasteiger partial charge in [-0.2, -0.15) is 0 Å². The smallest absolute Gasteiger partial charge is 0.223 e. The monoisotopic (exact) mass is 262 g/mol. The molecular formula is C15H22N2O2. The molecule has 0 bridgehead atoms. The molecule has 104 valence electrons. The molecule has 0 radical (unpaired) electrons. The Balaban J connectivity index is 1.91. The molecule has 2 rings (SSSR count). The molecule has 3 N–H and O–H groups in total. The van der Waals surface area contributed by atoms with Crippen LogP contribution < -0.4 is 15.8 Å². The van der Waals surface area contributed by atoms with E-state index in [1.807, 2.05) is 19.1 Å². The lowest BCUT2D eigenvalue weighted by atomic mass is 10.0. The van der Waals surface area contributed by atoms with Gasteiger partial charge in [0.1, 0.15) is 5.75 Å². The average molecular weight is 262 g/mol. The summed E-state index contributed by atoms with van der Waals surface area (Å²) in [5, 5.41) is 2.96. The predicted octanol–water partition coefficient (Wildman–Crippen LogP) is 1.61. The maximum Gasteiger partial charge on any atom is 0.223 e. The fourth-order valence-electron chi connectivity index (χ4n) is 2.27. The lowest BCUT2D eigenvalue weighted by molar-refractivity contribution is -0.124. The van der Waals surface area contributed by atoms with Crippen LogP contribution in [-0.2, 0) is 17.8 Å². The standard InChI is InChI=1S/C15H22N2O2/c1-11(6-7-16)15(18)17-10-12-4-5-14-13(9-12)3-2-8-19-14/h4-5,9,11H,2-3,6-8,10,16H2,1H3,(H,17,18). The fourth-order valence-corrected chi connectivity index (χ4v) is 2.27. The van der Waals surface area contributed by atoms with Crippen molar-refractivity contribution in [1.29, 1.82) is 0 Å². The Morgan fingerprint density at radius 2 is 2.37 bits per heavy atom. The number of hydrogen-bond acceptors (Lipinski definition) is 3. The first-order chi connectivity index (χ1) is 9.20. The molecule has 1 heterocycles. The minimum atomic E-state index is -0.0223. The molecule has 1 aliphatic heterocycles. The van der Waals surface area contributed by atoms with Crippen LogP contribution in [0.4, 0.5) is 0 Å². The minimum absolute atomic E-state index is 0.0223. The molecule has 4 heteroatoms. The molecule has 19 heavy (non-hydrogen) atoms. The topological polar surface area (TPSA) is 64.4 Å². The minimum Gasteiger partial charge on any atom is -0.493 e. The van der Waals surface area contributed by atoms with E-state index in [1.165, 1.54) is 5.56 Å². The summed E-state index contributed by atoms with van der Waals surface area (Å²) < 4.78 is 5.57. The van der Waals surface area contributed by atoms with E-state index in [4.69, 9.17) is 10.5 Å². The summed E-state index contributed by atoms with van der Waals surface area (Å²) in [6, 6.07) is 6.14. The zero-order valence-electron chi connectivity index (χ0n) is 11.4. The first kappa shape index (κ1) is 13.9. The lowest BCUT2D eigenvalue weighted by Gasteiger charge is -2.18. The molecule has 1 amide bonds. The van der Waals surface area contributed by atoms with Crippen molar-refractivity contribution in [1.82, 2.24) is 5.32 Å². The summed E-state index contributed by atoms with van der Waals surface area (Å²) in [5.41, 5.74) is 7.82. The third-order valence-electron chi connectivity index (χ3n) is 3.49. The molecule has 0 aromatic heterocycles.